The SMILES string of the molecule is [B]c1ccc(Cl)c(C(=O)OC)c1. The summed E-state index contributed by atoms with van der Waals surface area (Å²) in [6.07, 6.45) is 0. The van der Waals surface area contributed by atoms with Crippen LogP contribution in [0, 0.1) is 0 Å². The lowest BCUT2D eigenvalue weighted by atomic mass is 9.94. The Kier molecular flexibility index (Phi) is 2.76. The van der Waals surface area contributed by atoms with Gasteiger partial charge < -0.3 is 4.74 Å². The molecule has 1 aromatic rings. The average Bonchev–Trinajstić information content (AvgIpc) is 2.08. The van der Waals surface area contributed by atoms with Gasteiger partial charge in [-0.1, -0.05) is 29.2 Å². The lowest BCUT2D eigenvalue weighted by Crippen LogP contribution is -2.09. The summed E-state index contributed by atoms with van der Waals surface area (Å²) in [6.45, 7) is 0. The van der Waals surface area contributed by atoms with Gasteiger partial charge in [-0.3, -0.25) is 0 Å². The van der Waals surface area contributed by atoms with Gasteiger partial charge in [-0.2, -0.15) is 0 Å². The first-order valence-corrected chi connectivity index (χ1v) is 3.66. The van der Waals surface area contributed by atoms with Crippen molar-refractivity contribution in [1.29, 1.82) is 0 Å². The second-order valence-corrected chi connectivity index (χ2v) is 2.64. The molecule has 0 aliphatic carbocycles. The largest absolute Gasteiger partial charge is 0.465 e. The molecular weight excluding hydrogens is 174 g/mol. The number of hydrogen-bond acceptors (Lipinski definition) is 2. The van der Waals surface area contributed by atoms with Gasteiger partial charge in [-0.05, 0) is 6.07 Å². The summed E-state index contributed by atoms with van der Waals surface area (Å²) in [5, 5.41) is 0.344. The van der Waals surface area contributed by atoms with E-state index >= 15 is 0 Å². The number of benzene rings is 1. The van der Waals surface area contributed by atoms with E-state index in [4.69, 9.17) is 19.4 Å². The van der Waals surface area contributed by atoms with E-state index in [9.17, 15) is 4.79 Å². The Labute approximate surface area is 76.9 Å². The fourth-order valence-electron chi connectivity index (χ4n) is 0.809. The van der Waals surface area contributed by atoms with Gasteiger partial charge in [0, 0.05) is 0 Å². The van der Waals surface area contributed by atoms with Crippen molar-refractivity contribution >= 4 is 30.9 Å². The first-order chi connectivity index (χ1) is 5.65. The summed E-state index contributed by atoms with van der Waals surface area (Å²) in [7, 11) is 6.75. The highest BCUT2D eigenvalue weighted by molar-refractivity contribution is 6.36. The Hall–Kier alpha value is -0.955. The predicted molar refractivity (Wildman–Crippen MR) is 48.2 cm³/mol. The van der Waals surface area contributed by atoms with Crippen LogP contribution in [0.1, 0.15) is 10.4 Å². The quantitative estimate of drug-likeness (QED) is 0.474. The molecule has 2 radical (unpaired) electrons. The number of ether oxygens (including phenoxy) is 1. The van der Waals surface area contributed by atoms with E-state index in [1.54, 1.807) is 12.1 Å². The van der Waals surface area contributed by atoms with Crippen LogP contribution in [0.25, 0.3) is 0 Å². The van der Waals surface area contributed by atoms with Crippen molar-refractivity contribution < 1.29 is 9.53 Å². The van der Waals surface area contributed by atoms with Gasteiger partial charge in [-0.15, -0.1) is 0 Å². The van der Waals surface area contributed by atoms with Crippen molar-refractivity contribution in [1.82, 2.24) is 0 Å². The van der Waals surface area contributed by atoms with Gasteiger partial charge in [-0.25, -0.2) is 4.79 Å². The molecule has 0 heterocycles. The van der Waals surface area contributed by atoms with E-state index in [0.29, 0.717) is 16.0 Å². The third-order valence-corrected chi connectivity index (χ3v) is 1.73. The van der Waals surface area contributed by atoms with Crippen LogP contribution in [0.3, 0.4) is 0 Å². The molecule has 0 unspecified atom stereocenters. The Balaban J connectivity index is 3.13. The van der Waals surface area contributed by atoms with Crippen molar-refractivity contribution in [2.24, 2.45) is 0 Å². The molecule has 4 heteroatoms. The Morgan fingerprint density at radius 1 is 1.58 bits per heavy atom. The number of esters is 1. The lowest BCUT2D eigenvalue weighted by molar-refractivity contribution is 0.0601. The Morgan fingerprint density at radius 3 is 2.83 bits per heavy atom. The first-order valence-electron chi connectivity index (χ1n) is 3.28. The topological polar surface area (TPSA) is 26.3 Å². The number of halogens is 1. The fraction of sp³-hybridized carbons (Fsp3) is 0.125. The Bertz CT molecular complexity index is 312. The lowest BCUT2D eigenvalue weighted by Gasteiger charge is -2.02. The monoisotopic (exact) mass is 180 g/mol. The van der Waals surface area contributed by atoms with Crippen LogP contribution in [0.4, 0.5) is 0 Å². The molecule has 0 aliphatic heterocycles. The molecule has 1 aromatic carbocycles. The zero-order valence-corrected chi connectivity index (χ0v) is 7.26. The van der Waals surface area contributed by atoms with E-state index in [1.807, 2.05) is 0 Å². The van der Waals surface area contributed by atoms with Crippen LogP contribution in [0.5, 0.6) is 0 Å². The van der Waals surface area contributed by atoms with E-state index in [2.05, 4.69) is 4.74 Å². The van der Waals surface area contributed by atoms with Crippen molar-refractivity contribution in [2.45, 2.75) is 0 Å². The molecule has 1 rings (SSSR count). The number of rotatable bonds is 1. The maximum atomic E-state index is 11.0. The molecule has 0 fully saturated rings. The Morgan fingerprint density at radius 2 is 2.25 bits per heavy atom. The maximum Gasteiger partial charge on any atom is 0.339 e. The van der Waals surface area contributed by atoms with Crippen LogP contribution in [0.2, 0.25) is 5.02 Å². The van der Waals surface area contributed by atoms with Gasteiger partial charge >= 0.3 is 5.97 Å². The zero-order valence-electron chi connectivity index (χ0n) is 6.50. The highest BCUT2D eigenvalue weighted by atomic mass is 35.5. The molecule has 0 aliphatic rings. The molecule has 0 N–H and O–H groups in total. The summed E-state index contributed by atoms with van der Waals surface area (Å²) < 4.78 is 4.49. The summed E-state index contributed by atoms with van der Waals surface area (Å²) >= 11 is 5.71. The summed E-state index contributed by atoms with van der Waals surface area (Å²) in [6, 6.07) is 4.66. The van der Waals surface area contributed by atoms with Crippen LogP contribution in [-0.4, -0.2) is 20.9 Å². The number of carbonyl (C=O) groups is 1. The molecule has 0 amide bonds. The van der Waals surface area contributed by atoms with Crippen molar-refractivity contribution in [3.63, 3.8) is 0 Å². The summed E-state index contributed by atoms with van der Waals surface area (Å²) in [5.74, 6) is -0.479. The van der Waals surface area contributed by atoms with Crippen LogP contribution >= 0.6 is 11.6 Å². The van der Waals surface area contributed by atoms with Crippen LogP contribution in [-0.2, 0) is 4.74 Å². The van der Waals surface area contributed by atoms with E-state index in [1.165, 1.54) is 13.2 Å². The molecule has 0 aromatic heterocycles. The van der Waals surface area contributed by atoms with Gasteiger partial charge in [0.2, 0.25) is 0 Å². The molecular formula is C8H6BClO2. The van der Waals surface area contributed by atoms with Gasteiger partial charge in [0.05, 0.1) is 17.7 Å². The molecule has 2 nitrogen and oxygen atoms in total. The second-order valence-electron chi connectivity index (χ2n) is 2.23. The van der Waals surface area contributed by atoms with Crippen molar-refractivity contribution in [2.75, 3.05) is 7.11 Å². The number of carbonyl (C=O) groups excluding carboxylic acids is 1. The number of methoxy groups -OCH3 is 1. The van der Waals surface area contributed by atoms with E-state index in [0.717, 1.165) is 0 Å². The van der Waals surface area contributed by atoms with Crippen molar-refractivity contribution in [3.8, 4) is 0 Å². The van der Waals surface area contributed by atoms with Gasteiger partial charge in [0.15, 0.2) is 0 Å². The normalized spacial score (nSPS) is 9.50. The van der Waals surface area contributed by atoms with Gasteiger partial charge in [0.1, 0.15) is 7.85 Å². The number of hydrogen-bond donors (Lipinski definition) is 0. The molecule has 12 heavy (non-hydrogen) atoms. The molecule has 0 saturated heterocycles. The zero-order chi connectivity index (χ0) is 9.14. The molecule has 0 atom stereocenters. The van der Waals surface area contributed by atoms with Crippen LogP contribution in [0.15, 0.2) is 18.2 Å². The highest BCUT2D eigenvalue weighted by Crippen LogP contribution is 2.14. The maximum absolute atomic E-state index is 11.0. The van der Waals surface area contributed by atoms with Crippen molar-refractivity contribution in [3.05, 3.63) is 28.8 Å². The minimum Gasteiger partial charge on any atom is -0.465 e. The first kappa shape index (κ1) is 9.14. The van der Waals surface area contributed by atoms with E-state index < -0.39 is 5.97 Å². The third-order valence-electron chi connectivity index (χ3n) is 1.40. The summed E-state index contributed by atoms with van der Waals surface area (Å²) in [4.78, 5) is 11.0. The molecule has 60 valence electrons. The fourth-order valence-corrected chi connectivity index (χ4v) is 1.00. The molecule has 0 saturated carbocycles. The second kappa shape index (κ2) is 3.63. The van der Waals surface area contributed by atoms with Gasteiger partial charge in [0.25, 0.3) is 0 Å². The van der Waals surface area contributed by atoms with E-state index in [-0.39, 0.29) is 0 Å². The standard InChI is InChI=1S/C8H6BClO2/c1-12-8(11)6-4-5(9)2-3-7(6)10/h2-4H,1H3. The minimum absolute atomic E-state index is 0.291. The average molecular weight is 180 g/mol. The summed E-state index contributed by atoms with van der Waals surface area (Å²) in [5.41, 5.74) is 0.777. The molecule has 0 spiro atoms. The smallest absolute Gasteiger partial charge is 0.339 e. The minimum atomic E-state index is -0.479. The highest BCUT2D eigenvalue weighted by Gasteiger charge is 2.09. The molecule has 0 bridgehead atoms. The van der Waals surface area contributed by atoms with Crippen LogP contribution < -0.4 is 5.46 Å². The third kappa shape index (κ3) is 1.80. The predicted octanol–water partition coefficient (Wildman–Crippen LogP) is 0.920.